The number of nitrogens with zero attached hydrogens (tertiary/aromatic N) is 2. The van der Waals surface area contributed by atoms with Crippen molar-refractivity contribution in [1.29, 1.82) is 0 Å². The third-order valence-corrected chi connectivity index (χ3v) is 5.31. The van der Waals surface area contributed by atoms with Crippen LogP contribution in [0.25, 0.3) is 10.9 Å². The molecule has 1 fully saturated rings. The van der Waals surface area contributed by atoms with Gasteiger partial charge in [0, 0.05) is 42.2 Å². The molecule has 1 atom stereocenters. The smallest absolute Gasteiger partial charge is 0.0768 e. The summed E-state index contributed by atoms with van der Waals surface area (Å²) in [7, 11) is 0. The van der Waals surface area contributed by atoms with Crippen molar-refractivity contribution >= 4 is 29.0 Å². The number of hydrogen-bond acceptors (Lipinski definition) is 2. The molecule has 5 rings (SSSR count). The lowest BCUT2D eigenvalue weighted by Gasteiger charge is -2.35. The van der Waals surface area contributed by atoms with Gasteiger partial charge in [0.1, 0.15) is 0 Å². The molecule has 0 radical (unpaired) electrons. The van der Waals surface area contributed by atoms with Crippen LogP contribution in [0.3, 0.4) is 0 Å². The Labute approximate surface area is 148 Å². The number of aromatic amines is 1. The van der Waals surface area contributed by atoms with Gasteiger partial charge in [-0.2, -0.15) is 0 Å². The molecule has 0 spiro atoms. The molecule has 2 aromatic carbocycles. The Morgan fingerprint density at radius 3 is 2.54 bits per heavy atom. The van der Waals surface area contributed by atoms with Gasteiger partial charge in [0.25, 0.3) is 0 Å². The molecule has 4 heteroatoms. The second-order valence-corrected chi connectivity index (χ2v) is 6.64. The predicted molar refractivity (Wildman–Crippen MR) is 102 cm³/mol. The maximum Gasteiger partial charge on any atom is 0.0768 e. The molecule has 1 aromatic heterocycles. The Morgan fingerprint density at radius 2 is 1.67 bits per heavy atom. The number of hydrazine groups is 1. The summed E-state index contributed by atoms with van der Waals surface area (Å²) in [5.74, 6) is 0. The molecule has 1 N–H and O–H groups in total. The van der Waals surface area contributed by atoms with Gasteiger partial charge in [0.2, 0.25) is 0 Å². The highest BCUT2D eigenvalue weighted by Gasteiger charge is 2.36. The van der Waals surface area contributed by atoms with Crippen molar-refractivity contribution in [3.63, 3.8) is 0 Å². The number of benzene rings is 2. The van der Waals surface area contributed by atoms with Gasteiger partial charge in [0.15, 0.2) is 0 Å². The van der Waals surface area contributed by atoms with Crippen LogP contribution in [0, 0.1) is 0 Å². The number of fused-ring (bicyclic) bond motifs is 2. The summed E-state index contributed by atoms with van der Waals surface area (Å²) in [5.41, 5.74) is 5.52. The number of rotatable bonds is 2. The van der Waals surface area contributed by atoms with Crippen LogP contribution in [0.2, 0.25) is 0 Å². The first-order valence-corrected chi connectivity index (χ1v) is 8.60. The van der Waals surface area contributed by atoms with E-state index in [2.05, 4.69) is 69.7 Å². The summed E-state index contributed by atoms with van der Waals surface area (Å²) in [6.45, 7) is 2.35. The lowest BCUT2D eigenvalue weighted by molar-refractivity contribution is 0.283. The second-order valence-electron chi connectivity index (χ2n) is 6.64. The molecule has 3 aromatic rings. The number of aromatic nitrogens is 1. The number of halogens is 1. The minimum atomic E-state index is 0. The summed E-state index contributed by atoms with van der Waals surface area (Å²) in [5, 5.41) is 6.48. The normalized spacial score (nSPS) is 20.3. The fourth-order valence-corrected chi connectivity index (χ4v) is 4.25. The van der Waals surface area contributed by atoms with Crippen molar-refractivity contribution in [3.8, 4) is 0 Å². The molecule has 24 heavy (non-hydrogen) atoms. The zero-order chi connectivity index (χ0) is 15.2. The molecule has 0 bridgehead atoms. The van der Waals surface area contributed by atoms with Gasteiger partial charge >= 0.3 is 0 Å². The fraction of sp³-hybridized carbons (Fsp3) is 0.300. The predicted octanol–water partition coefficient (Wildman–Crippen LogP) is 4.70. The van der Waals surface area contributed by atoms with Crippen molar-refractivity contribution in [2.24, 2.45) is 0 Å². The molecule has 124 valence electrons. The largest absolute Gasteiger partial charge is 0.361 e. The van der Waals surface area contributed by atoms with Crippen LogP contribution in [0.4, 0.5) is 5.69 Å². The van der Waals surface area contributed by atoms with Gasteiger partial charge < -0.3 is 4.98 Å². The van der Waals surface area contributed by atoms with E-state index in [-0.39, 0.29) is 12.4 Å². The topological polar surface area (TPSA) is 22.3 Å². The first-order chi connectivity index (χ1) is 11.4. The number of hydrogen-bond donors (Lipinski definition) is 1. The van der Waals surface area contributed by atoms with Crippen LogP contribution in [0.5, 0.6) is 0 Å². The number of nitrogens with one attached hydrogen (secondary N) is 1. The van der Waals surface area contributed by atoms with Gasteiger partial charge in [-0.05, 0) is 30.5 Å². The standard InChI is InChI=1S/C20H21N3.ClH/c1-4-10-19-15(7-1)13-20(23(19)22-11-5-6-12-22)17-14-21-18-9-3-2-8-16(17)18;/h1-4,7-10,14,20-21H,5-6,11-13H2;1H. The summed E-state index contributed by atoms with van der Waals surface area (Å²) in [6.07, 6.45) is 5.91. The van der Waals surface area contributed by atoms with Crippen LogP contribution in [-0.4, -0.2) is 23.1 Å². The highest BCUT2D eigenvalue weighted by molar-refractivity contribution is 5.85. The van der Waals surface area contributed by atoms with Gasteiger partial charge in [-0.25, -0.2) is 5.01 Å². The highest BCUT2D eigenvalue weighted by Crippen LogP contribution is 2.43. The summed E-state index contributed by atoms with van der Waals surface area (Å²) in [4.78, 5) is 3.46. The maximum atomic E-state index is 3.46. The third kappa shape index (κ3) is 2.31. The van der Waals surface area contributed by atoms with Crippen LogP contribution in [-0.2, 0) is 6.42 Å². The lowest BCUT2D eigenvalue weighted by atomic mass is 10.0. The van der Waals surface area contributed by atoms with Crippen molar-refractivity contribution in [1.82, 2.24) is 9.99 Å². The Balaban J connectivity index is 0.00000146. The van der Waals surface area contributed by atoms with Crippen molar-refractivity contribution < 1.29 is 0 Å². The molecular formula is C20H22ClN3. The van der Waals surface area contributed by atoms with E-state index >= 15 is 0 Å². The molecule has 3 heterocycles. The first-order valence-electron chi connectivity index (χ1n) is 8.60. The van der Waals surface area contributed by atoms with E-state index in [4.69, 9.17) is 0 Å². The average Bonchev–Trinajstić information content (AvgIpc) is 3.31. The first kappa shape index (κ1) is 15.6. The van der Waals surface area contributed by atoms with Crippen molar-refractivity contribution in [2.45, 2.75) is 25.3 Å². The van der Waals surface area contributed by atoms with E-state index in [0.29, 0.717) is 6.04 Å². The van der Waals surface area contributed by atoms with Crippen LogP contribution >= 0.6 is 12.4 Å². The van der Waals surface area contributed by atoms with Crippen LogP contribution in [0.15, 0.2) is 54.7 Å². The van der Waals surface area contributed by atoms with Gasteiger partial charge in [-0.1, -0.05) is 36.4 Å². The quantitative estimate of drug-likeness (QED) is 0.730. The van der Waals surface area contributed by atoms with E-state index in [1.807, 2.05) is 0 Å². The zero-order valence-electron chi connectivity index (χ0n) is 13.6. The minimum absolute atomic E-state index is 0. The molecule has 0 amide bonds. The van der Waals surface area contributed by atoms with E-state index in [0.717, 1.165) is 6.42 Å². The average molecular weight is 340 g/mol. The molecule has 2 aliphatic heterocycles. The van der Waals surface area contributed by atoms with E-state index in [1.165, 1.54) is 53.6 Å². The monoisotopic (exact) mass is 339 g/mol. The molecule has 0 aliphatic carbocycles. The maximum absolute atomic E-state index is 3.46. The van der Waals surface area contributed by atoms with E-state index in [1.54, 1.807) is 0 Å². The van der Waals surface area contributed by atoms with Crippen LogP contribution < -0.4 is 5.01 Å². The molecule has 1 saturated heterocycles. The van der Waals surface area contributed by atoms with Gasteiger partial charge in [-0.3, -0.25) is 5.01 Å². The van der Waals surface area contributed by atoms with Crippen molar-refractivity contribution in [2.75, 3.05) is 18.1 Å². The van der Waals surface area contributed by atoms with Crippen LogP contribution in [0.1, 0.15) is 30.0 Å². The zero-order valence-corrected chi connectivity index (χ0v) is 14.4. The molecule has 0 saturated carbocycles. The van der Waals surface area contributed by atoms with Gasteiger partial charge in [0.05, 0.1) is 11.7 Å². The van der Waals surface area contributed by atoms with E-state index in [9.17, 15) is 0 Å². The lowest BCUT2D eigenvalue weighted by Crippen LogP contribution is -2.41. The number of anilines is 1. The summed E-state index contributed by atoms with van der Waals surface area (Å²) < 4.78 is 0. The SMILES string of the molecule is Cl.c1ccc2c(c1)CC(c1c[nH]c3ccccc13)N2N1CCCC1. The third-order valence-electron chi connectivity index (χ3n) is 5.31. The number of H-pyrrole nitrogens is 1. The fourth-order valence-electron chi connectivity index (χ4n) is 4.25. The summed E-state index contributed by atoms with van der Waals surface area (Å²) >= 11 is 0. The second kappa shape index (κ2) is 6.15. The Morgan fingerprint density at radius 1 is 0.917 bits per heavy atom. The summed E-state index contributed by atoms with van der Waals surface area (Å²) in [6, 6.07) is 18.0. The molecule has 2 aliphatic rings. The Hall–Kier alpha value is -1.97. The molecular weight excluding hydrogens is 318 g/mol. The minimum Gasteiger partial charge on any atom is -0.361 e. The van der Waals surface area contributed by atoms with E-state index < -0.39 is 0 Å². The van der Waals surface area contributed by atoms with Crippen molar-refractivity contribution in [3.05, 3.63) is 65.9 Å². The Kier molecular flexibility index (Phi) is 3.99. The Bertz CT molecular complexity index is 851. The molecule has 3 nitrogen and oxygen atoms in total. The highest BCUT2D eigenvalue weighted by atomic mass is 35.5. The van der Waals surface area contributed by atoms with Gasteiger partial charge in [-0.15, -0.1) is 12.4 Å². The molecule has 1 unspecified atom stereocenters. The number of para-hydroxylation sites is 2.